The maximum atomic E-state index is 11.7. The van der Waals surface area contributed by atoms with Gasteiger partial charge in [0.05, 0.1) is 6.26 Å². The molecule has 1 saturated heterocycles. The minimum Gasteiger partial charge on any atom is -0.299 e. The SMILES string of the molecule is CS(=O)(=O)N1CC[C@@H](Cn2c(Cl)cccc2=O)C1. The van der Waals surface area contributed by atoms with Crippen LogP contribution < -0.4 is 5.56 Å². The maximum Gasteiger partial charge on any atom is 0.251 e. The van der Waals surface area contributed by atoms with Gasteiger partial charge in [0, 0.05) is 25.7 Å². The van der Waals surface area contributed by atoms with Crippen molar-refractivity contribution in [2.75, 3.05) is 19.3 Å². The Balaban J connectivity index is 2.11. The third kappa shape index (κ3) is 2.93. The van der Waals surface area contributed by atoms with Crippen molar-refractivity contribution >= 4 is 21.6 Å². The van der Waals surface area contributed by atoms with Crippen LogP contribution in [0.25, 0.3) is 0 Å². The summed E-state index contributed by atoms with van der Waals surface area (Å²) in [5.41, 5.74) is -0.152. The summed E-state index contributed by atoms with van der Waals surface area (Å²) in [5, 5.41) is 0.389. The number of pyridine rings is 1. The fourth-order valence-electron chi connectivity index (χ4n) is 2.18. The Morgan fingerprint density at radius 2 is 2.17 bits per heavy atom. The lowest BCUT2D eigenvalue weighted by Crippen LogP contribution is -2.29. The van der Waals surface area contributed by atoms with Crippen LogP contribution >= 0.6 is 11.6 Å². The van der Waals surface area contributed by atoms with E-state index in [4.69, 9.17) is 11.6 Å². The molecule has 0 radical (unpaired) electrons. The molecule has 1 aliphatic rings. The lowest BCUT2D eigenvalue weighted by atomic mass is 10.1. The first-order valence-electron chi connectivity index (χ1n) is 5.68. The fraction of sp³-hybridized carbons (Fsp3) is 0.545. The number of nitrogens with zero attached hydrogens (tertiary/aromatic N) is 2. The zero-order valence-electron chi connectivity index (χ0n) is 10.0. The summed E-state index contributed by atoms with van der Waals surface area (Å²) in [6.07, 6.45) is 1.96. The van der Waals surface area contributed by atoms with Crippen LogP contribution in [0.2, 0.25) is 5.15 Å². The molecule has 1 atom stereocenters. The monoisotopic (exact) mass is 290 g/mol. The van der Waals surface area contributed by atoms with Crippen LogP contribution in [-0.4, -0.2) is 36.6 Å². The standard InChI is InChI=1S/C11H15ClN2O3S/c1-18(16,17)13-6-5-9(7-13)8-14-10(12)3-2-4-11(14)15/h2-4,9H,5-8H2,1H3/t9-/m1/s1. The normalized spacial score (nSPS) is 21.3. The van der Waals surface area contributed by atoms with Crippen molar-refractivity contribution < 1.29 is 8.42 Å². The highest BCUT2D eigenvalue weighted by molar-refractivity contribution is 7.88. The van der Waals surface area contributed by atoms with Crippen LogP contribution in [0.15, 0.2) is 23.0 Å². The van der Waals surface area contributed by atoms with Crippen LogP contribution in [0.1, 0.15) is 6.42 Å². The predicted octanol–water partition coefficient (Wildman–Crippen LogP) is 0.783. The lowest BCUT2D eigenvalue weighted by molar-refractivity contribution is 0.427. The Morgan fingerprint density at radius 1 is 1.44 bits per heavy atom. The molecule has 1 fully saturated rings. The second-order valence-electron chi connectivity index (χ2n) is 4.57. The first-order chi connectivity index (χ1) is 8.38. The molecule has 18 heavy (non-hydrogen) atoms. The largest absolute Gasteiger partial charge is 0.299 e. The second-order valence-corrected chi connectivity index (χ2v) is 6.94. The Labute approximate surface area is 111 Å². The number of hydrogen-bond acceptors (Lipinski definition) is 3. The van der Waals surface area contributed by atoms with Gasteiger partial charge in [0.2, 0.25) is 10.0 Å². The molecule has 0 amide bonds. The second kappa shape index (κ2) is 5.03. The molecule has 7 heteroatoms. The van der Waals surface area contributed by atoms with E-state index in [1.165, 1.54) is 21.2 Å². The third-order valence-electron chi connectivity index (χ3n) is 3.15. The van der Waals surface area contributed by atoms with Crippen LogP contribution in [0.5, 0.6) is 0 Å². The van der Waals surface area contributed by atoms with Gasteiger partial charge >= 0.3 is 0 Å². The van der Waals surface area contributed by atoms with Gasteiger partial charge in [-0.05, 0) is 18.4 Å². The zero-order chi connectivity index (χ0) is 13.3. The van der Waals surface area contributed by atoms with Gasteiger partial charge in [0.25, 0.3) is 5.56 Å². The molecule has 5 nitrogen and oxygen atoms in total. The Bertz CT molecular complexity index is 597. The highest BCUT2D eigenvalue weighted by Gasteiger charge is 2.28. The molecular weight excluding hydrogens is 276 g/mol. The van der Waals surface area contributed by atoms with Gasteiger partial charge in [-0.1, -0.05) is 17.7 Å². The molecule has 1 aliphatic heterocycles. The molecule has 0 spiro atoms. The molecule has 0 N–H and O–H groups in total. The minimum absolute atomic E-state index is 0.136. The summed E-state index contributed by atoms with van der Waals surface area (Å²) in [7, 11) is -3.14. The summed E-state index contributed by atoms with van der Waals surface area (Å²) < 4.78 is 25.7. The first kappa shape index (κ1) is 13.6. The van der Waals surface area contributed by atoms with E-state index in [-0.39, 0.29) is 11.5 Å². The van der Waals surface area contributed by atoms with E-state index < -0.39 is 10.0 Å². The van der Waals surface area contributed by atoms with Gasteiger partial charge in [-0.15, -0.1) is 0 Å². The molecule has 1 aromatic heterocycles. The molecule has 0 saturated carbocycles. The van der Waals surface area contributed by atoms with Gasteiger partial charge in [-0.2, -0.15) is 0 Å². The average Bonchev–Trinajstić information content (AvgIpc) is 2.72. The van der Waals surface area contributed by atoms with Crippen LogP contribution in [0, 0.1) is 5.92 Å². The number of halogens is 1. The summed E-state index contributed by atoms with van der Waals surface area (Å²) in [5.74, 6) is 0.136. The van der Waals surface area contributed by atoms with E-state index in [1.54, 1.807) is 12.1 Å². The van der Waals surface area contributed by atoms with Crippen molar-refractivity contribution in [1.82, 2.24) is 8.87 Å². The quantitative estimate of drug-likeness (QED) is 0.773. The van der Waals surface area contributed by atoms with E-state index in [2.05, 4.69) is 0 Å². The number of hydrogen-bond donors (Lipinski definition) is 0. The number of rotatable bonds is 3. The Morgan fingerprint density at radius 3 is 2.72 bits per heavy atom. The number of sulfonamides is 1. The first-order valence-corrected chi connectivity index (χ1v) is 7.91. The van der Waals surface area contributed by atoms with Crippen molar-refractivity contribution in [3.63, 3.8) is 0 Å². The van der Waals surface area contributed by atoms with Crippen molar-refractivity contribution in [3.8, 4) is 0 Å². The van der Waals surface area contributed by atoms with Crippen LogP contribution in [0.3, 0.4) is 0 Å². The van der Waals surface area contributed by atoms with Crippen molar-refractivity contribution in [2.45, 2.75) is 13.0 Å². The van der Waals surface area contributed by atoms with E-state index >= 15 is 0 Å². The fourth-order valence-corrected chi connectivity index (χ4v) is 3.32. The molecule has 0 aliphatic carbocycles. The molecular formula is C11H15ClN2O3S. The van der Waals surface area contributed by atoms with Crippen LogP contribution in [-0.2, 0) is 16.6 Å². The Kier molecular flexibility index (Phi) is 3.79. The van der Waals surface area contributed by atoms with Crippen molar-refractivity contribution in [2.24, 2.45) is 5.92 Å². The smallest absolute Gasteiger partial charge is 0.251 e. The topological polar surface area (TPSA) is 59.4 Å². The van der Waals surface area contributed by atoms with E-state index in [9.17, 15) is 13.2 Å². The summed E-state index contributed by atoms with van der Waals surface area (Å²) in [6, 6.07) is 4.72. The molecule has 2 heterocycles. The molecule has 0 unspecified atom stereocenters. The predicted molar refractivity (Wildman–Crippen MR) is 70.2 cm³/mol. The average molecular weight is 291 g/mol. The van der Waals surface area contributed by atoms with E-state index in [1.807, 2.05) is 0 Å². The summed E-state index contributed by atoms with van der Waals surface area (Å²) in [6.45, 7) is 1.43. The molecule has 0 bridgehead atoms. The molecule has 100 valence electrons. The summed E-state index contributed by atoms with van der Waals surface area (Å²) >= 11 is 5.97. The van der Waals surface area contributed by atoms with Gasteiger partial charge < -0.3 is 0 Å². The highest BCUT2D eigenvalue weighted by Crippen LogP contribution is 2.21. The van der Waals surface area contributed by atoms with Gasteiger partial charge in [0.1, 0.15) is 5.15 Å². The highest BCUT2D eigenvalue weighted by atomic mass is 35.5. The maximum absolute atomic E-state index is 11.7. The van der Waals surface area contributed by atoms with Crippen molar-refractivity contribution in [3.05, 3.63) is 33.7 Å². The van der Waals surface area contributed by atoms with Gasteiger partial charge in [0.15, 0.2) is 0 Å². The molecule has 0 aromatic carbocycles. The van der Waals surface area contributed by atoms with Crippen LogP contribution in [0.4, 0.5) is 0 Å². The van der Waals surface area contributed by atoms with E-state index in [0.29, 0.717) is 24.8 Å². The van der Waals surface area contributed by atoms with Crippen molar-refractivity contribution in [1.29, 1.82) is 0 Å². The lowest BCUT2D eigenvalue weighted by Gasteiger charge is -2.15. The molecule has 1 aromatic rings. The number of aromatic nitrogens is 1. The zero-order valence-corrected chi connectivity index (χ0v) is 11.6. The van der Waals surface area contributed by atoms with Gasteiger partial charge in [-0.3, -0.25) is 9.36 Å². The molecule has 2 rings (SSSR count). The summed E-state index contributed by atoms with van der Waals surface area (Å²) in [4.78, 5) is 11.7. The van der Waals surface area contributed by atoms with E-state index in [0.717, 1.165) is 6.42 Å². The van der Waals surface area contributed by atoms with Gasteiger partial charge in [-0.25, -0.2) is 12.7 Å². The third-order valence-corrected chi connectivity index (χ3v) is 4.75. The Hall–Kier alpha value is -0.850. The minimum atomic E-state index is -3.14.